The monoisotopic (exact) mass is 138 g/mol. The van der Waals surface area contributed by atoms with Gasteiger partial charge in [-0.3, -0.25) is 4.79 Å². The number of carbonyl (C=O) groups excluding carboxylic acids is 1. The van der Waals surface area contributed by atoms with E-state index in [-0.39, 0.29) is 0 Å². The smallest absolute Gasteiger partial charge is 0.225 e. The second kappa shape index (κ2) is 2.26. The number of likely N-dealkylation sites (tertiary alicyclic amines) is 1. The molecule has 1 aliphatic carbocycles. The summed E-state index contributed by atoms with van der Waals surface area (Å²) in [5.41, 5.74) is 0. The van der Waals surface area contributed by atoms with Gasteiger partial charge >= 0.3 is 0 Å². The molecule has 0 bridgehead atoms. The Morgan fingerprint density at radius 2 is 2.10 bits per heavy atom. The lowest BCUT2D eigenvalue weighted by molar-refractivity contribution is -0.140. The van der Waals surface area contributed by atoms with Gasteiger partial charge in [0.05, 0.1) is 0 Å². The molecule has 1 amide bonds. The molecule has 10 heavy (non-hydrogen) atoms. The van der Waals surface area contributed by atoms with Crippen LogP contribution >= 0.6 is 0 Å². The van der Waals surface area contributed by atoms with Crippen molar-refractivity contribution in [1.29, 1.82) is 0 Å². The van der Waals surface area contributed by atoms with Crippen LogP contribution in [0.4, 0.5) is 0 Å². The third kappa shape index (κ3) is 0.825. The number of amides is 1. The van der Waals surface area contributed by atoms with Crippen molar-refractivity contribution in [2.75, 3.05) is 13.1 Å². The molecule has 2 fully saturated rings. The highest BCUT2D eigenvalue weighted by molar-refractivity contribution is 5.80. The van der Waals surface area contributed by atoms with E-state index in [2.05, 4.69) is 6.42 Å². The van der Waals surface area contributed by atoms with Crippen molar-refractivity contribution in [3.63, 3.8) is 0 Å². The summed E-state index contributed by atoms with van der Waals surface area (Å²) in [5.74, 6) is 0.758. The number of rotatable bonds is 1. The molecule has 0 atom stereocenters. The first kappa shape index (κ1) is 6.20. The van der Waals surface area contributed by atoms with Gasteiger partial charge in [-0.05, 0) is 25.7 Å². The first-order valence-electron chi connectivity index (χ1n) is 3.98. The highest BCUT2D eigenvalue weighted by Gasteiger charge is 2.31. The van der Waals surface area contributed by atoms with Crippen molar-refractivity contribution in [2.24, 2.45) is 5.92 Å². The summed E-state index contributed by atoms with van der Waals surface area (Å²) in [7, 11) is 0. The van der Waals surface area contributed by atoms with Gasteiger partial charge in [0, 0.05) is 19.0 Å². The minimum absolute atomic E-state index is 0.361. The van der Waals surface area contributed by atoms with Gasteiger partial charge in [0.1, 0.15) is 0 Å². The molecule has 2 aliphatic rings. The van der Waals surface area contributed by atoms with Crippen molar-refractivity contribution >= 4 is 5.91 Å². The molecule has 1 saturated heterocycles. The van der Waals surface area contributed by atoms with Gasteiger partial charge in [-0.1, -0.05) is 0 Å². The fourth-order valence-corrected chi connectivity index (χ4v) is 1.33. The van der Waals surface area contributed by atoms with Gasteiger partial charge in [-0.15, -0.1) is 0 Å². The maximum absolute atomic E-state index is 11.3. The van der Waals surface area contributed by atoms with Gasteiger partial charge in [0.15, 0.2) is 0 Å². The fourth-order valence-electron chi connectivity index (χ4n) is 1.33. The van der Waals surface area contributed by atoms with Crippen LogP contribution in [0.15, 0.2) is 0 Å². The average molecular weight is 138 g/mol. The van der Waals surface area contributed by atoms with Crippen LogP contribution in [0.25, 0.3) is 0 Å². The minimum atomic E-state index is 0.361. The molecule has 2 nitrogen and oxygen atoms in total. The summed E-state index contributed by atoms with van der Waals surface area (Å²) < 4.78 is 0. The van der Waals surface area contributed by atoms with Crippen molar-refractivity contribution in [3.8, 4) is 0 Å². The maximum Gasteiger partial charge on any atom is 0.225 e. The van der Waals surface area contributed by atoms with Gasteiger partial charge in [-0.2, -0.15) is 0 Å². The van der Waals surface area contributed by atoms with E-state index in [1.807, 2.05) is 4.90 Å². The van der Waals surface area contributed by atoms with Gasteiger partial charge in [0.25, 0.3) is 0 Å². The molecule has 1 aliphatic heterocycles. The van der Waals surface area contributed by atoms with Crippen LogP contribution in [0.5, 0.6) is 0 Å². The Hall–Kier alpha value is -0.530. The van der Waals surface area contributed by atoms with E-state index >= 15 is 0 Å². The number of nitrogens with zero attached hydrogens (tertiary/aromatic N) is 1. The molecule has 0 aromatic carbocycles. The van der Waals surface area contributed by atoms with Crippen LogP contribution in [0.3, 0.4) is 0 Å². The van der Waals surface area contributed by atoms with E-state index in [0.29, 0.717) is 11.8 Å². The highest BCUT2D eigenvalue weighted by atomic mass is 16.2. The molecule has 1 radical (unpaired) electrons. The predicted octanol–water partition coefficient (Wildman–Crippen LogP) is 0.833. The quantitative estimate of drug-likeness (QED) is 0.525. The van der Waals surface area contributed by atoms with Crippen molar-refractivity contribution in [2.45, 2.75) is 19.3 Å². The Morgan fingerprint density at radius 1 is 1.40 bits per heavy atom. The zero-order valence-corrected chi connectivity index (χ0v) is 6.05. The molecule has 0 aromatic heterocycles. The highest BCUT2D eigenvalue weighted by Crippen LogP contribution is 2.28. The van der Waals surface area contributed by atoms with Crippen molar-refractivity contribution in [1.82, 2.24) is 4.90 Å². The molecule has 55 valence electrons. The number of hydrogen-bond donors (Lipinski definition) is 0. The second-order valence-corrected chi connectivity index (χ2v) is 3.14. The third-order valence-corrected chi connectivity index (χ3v) is 2.42. The van der Waals surface area contributed by atoms with Crippen LogP contribution in [0, 0.1) is 12.3 Å². The lowest BCUT2D eigenvalue weighted by Crippen LogP contribution is -2.46. The minimum Gasteiger partial charge on any atom is -0.342 e. The molecule has 0 unspecified atom stereocenters. The van der Waals surface area contributed by atoms with E-state index in [1.165, 1.54) is 6.42 Å². The maximum atomic E-state index is 11.3. The fraction of sp³-hybridized carbons (Fsp3) is 0.750. The predicted molar refractivity (Wildman–Crippen MR) is 38.2 cm³/mol. The Morgan fingerprint density at radius 3 is 2.40 bits per heavy atom. The Labute approximate surface area is 61.2 Å². The molecule has 2 rings (SSSR count). The number of hydrogen-bond acceptors (Lipinski definition) is 1. The molecule has 1 heterocycles. The largest absolute Gasteiger partial charge is 0.342 e. The SMILES string of the molecule is O=C(C1C[CH]C1)N1CCC1. The molecule has 0 spiro atoms. The Balaban J connectivity index is 1.84. The van der Waals surface area contributed by atoms with E-state index in [4.69, 9.17) is 0 Å². The third-order valence-electron chi connectivity index (χ3n) is 2.42. The van der Waals surface area contributed by atoms with Crippen LogP contribution in [-0.2, 0) is 4.79 Å². The molecular formula is C8H12NO. The van der Waals surface area contributed by atoms with Gasteiger partial charge in [-0.25, -0.2) is 0 Å². The van der Waals surface area contributed by atoms with Gasteiger partial charge in [0.2, 0.25) is 5.91 Å². The first-order chi connectivity index (χ1) is 4.88. The summed E-state index contributed by atoms with van der Waals surface area (Å²) in [4.78, 5) is 13.3. The van der Waals surface area contributed by atoms with Crippen LogP contribution in [0.2, 0.25) is 0 Å². The molecule has 1 saturated carbocycles. The first-order valence-corrected chi connectivity index (χ1v) is 3.98. The standard InChI is InChI=1S/C8H12NO/c10-8(7-3-1-4-7)9-5-2-6-9/h1,7H,2-6H2. The number of carbonyl (C=O) groups is 1. The zero-order chi connectivity index (χ0) is 6.97. The van der Waals surface area contributed by atoms with E-state index < -0.39 is 0 Å². The van der Waals surface area contributed by atoms with Crippen molar-refractivity contribution in [3.05, 3.63) is 6.42 Å². The Kier molecular flexibility index (Phi) is 1.40. The summed E-state index contributed by atoms with van der Waals surface area (Å²) in [6.45, 7) is 2.02. The summed E-state index contributed by atoms with van der Waals surface area (Å²) in [5, 5.41) is 0. The van der Waals surface area contributed by atoms with Crippen LogP contribution in [-0.4, -0.2) is 23.9 Å². The van der Waals surface area contributed by atoms with Crippen molar-refractivity contribution < 1.29 is 4.79 Å². The topological polar surface area (TPSA) is 20.3 Å². The average Bonchev–Trinajstić information content (AvgIpc) is 1.52. The van der Waals surface area contributed by atoms with E-state index in [0.717, 1.165) is 25.9 Å². The van der Waals surface area contributed by atoms with E-state index in [9.17, 15) is 4.79 Å². The second-order valence-electron chi connectivity index (χ2n) is 3.14. The molecule has 0 N–H and O–H groups in total. The Bertz CT molecular complexity index is 131. The summed E-state index contributed by atoms with van der Waals surface area (Å²) in [6, 6.07) is 0. The molecule has 0 aromatic rings. The van der Waals surface area contributed by atoms with Crippen LogP contribution < -0.4 is 0 Å². The molecule has 2 heteroatoms. The summed E-state index contributed by atoms with van der Waals surface area (Å²) in [6.07, 6.45) is 5.44. The lowest BCUT2D eigenvalue weighted by Gasteiger charge is -2.36. The normalized spacial score (nSPS) is 25.4. The lowest BCUT2D eigenvalue weighted by atomic mass is 9.84. The van der Waals surface area contributed by atoms with E-state index in [1.54, 1.807) is 0 Å². The zero-order valence-electron chi connectivity index (χ0n) is 6.05. The molecular weight excluding hydrogens is 126 g/mol. The van der Waals surface area contributed by atoms with Crippen LogP contribution in [0.1, 0.15) is 19.3 Å². The summed E-state index contributed by atoms with van der Waals surface area (Å²) >= 11 is 0. The van der Waals surface area contributed by atoms with Gasteiger partial charge < -0.3 is 4.90 Å².